The van der Waals surface area contributed by atoms with Gasteiger partial charge in [0.05, 0.1) is 18.8 Å². The van der Waals surface area contributed by atoms with Crippen molar-refractivity contribution >= 4 is 5.91 Å². The van der Waals surface area contributed by atoms with Gasteiger partial charge in [0.1, 0.15) is 5.76 Å². The third kappa shape index (κ3) is 3.34. The zero-order valence-electron chi connectivity index (χ0n) is 11.1. The summed E-state index contributed by atoms with van der Waals surface area (Å²) in [6.07, 6.45) is 1.62. The first-order valence-corrected chi connectivity index (χ1v) is 6.39. The number of nitrogens with one attached hydrogen (secondary N) is 1. The number of rotatable bonds is 4. The largest absolute Gasteiger partial charge is 0.467 e. The molecule has 0 bridgehead atoms. The summed E-state index contributed by atoms with van der Waals surface area (Å²) in [4.78, 5) is 16.5. The molecule has 2 rings (SSSR count). The van der Waals surface area contributed by atoms with Crippen molar-refractivity contribution in [2.75, 3.05) is 33.2 Å². The molecule has 0 radical (unpaired) electrons. The summed E-state index contributed by atoms with van der Waals surface area (Å²) in [6.45, 7) is 6.37. The van der Waals surface area contributed by atoms with E-state index in [2.05, 4.69) is 22.2 Å². The highest BCUT2D eigenvalue weighted by molar-refractivity contribution is 5.81. The summed E-state index contributed by atoms with van der Waals surface area (Å²) in [5.74, 6) is 0.852. The Labute approximate surface area is 108 Å². The molecule has 2 heterocycles. The number of furan rings is 1. The Kier molecular flexibility index (Phi) is 4.38. The molecule has 1 fully saturated rings. The number of hydrogen-bond donors (Lipinski definition) is 1. The second-order valence-electron chi connectivity index (χ2n) is 4.81. The van der Waals surface area contributed by atoms with Crippen LogP contribution in [0.3, 0.4) is 0 Å². The van der Waals surface area contributed by atoms with Gasteiger partial charge in [-0.3, -0.25) is 9.69 Å². The van der Waals surface area contributed by atoms with Gasteiger partial charge in [-0.15, -0.1) is 0 Å². The van der Waals surface area contributed by atoms with Gasteiger partial charge in [0.2, 0.25) is 5.91 Å². The van der Waals surface area contributed by atoms with E-state index < -0.39 is 0 Å². The van der Waals surface area contributed by atoms with E-state index in [0.717, 1.165) is 31.9 Å². The van der Waals surface area contributed by atoms with E-state index in [9.17, 15) is 4.79 Å². The maximum Gasteiger partial charge on any atom is 0.237 e. The number of hydrogen-bond acceptors (Lipinski definition) is 4. The molecular formula is C13H21N3O2. The van der Waals surface area contributed by atoms with Gasteiger partial charge < -0.3 is 14.6 Å². The van der Waals surface area contributed by atoms with Crippen LogP contribution in [-0.4, -0.2) is 55.0 Å². The molecule has 1 aromatic rings. The van der Waals surface area contributed by atoms with Crippen LogP contribution in [0, 0.1) is 0 Å². The van der Waals surface area contributed by atoms with Gasteiger partial charge in [-0.25, -0.2) is 0 Å². The first-order chi connectivity index (χ1) is 8.66. The lowest BCUT2D eigenvalue weighted by Crippen LogP contribution is -2.52. The maximum atomic E-state index is 12.0. The van der Waals surface area contributed by atoms with Crippen molar-refractivity contribution < 1.29 is 9.21 Å². The van der Waals surface area contributed by atoms with Gasteiger partial charge in [-0.05, 0) is 26.1 Å². The zero-order chi connectivity index (χ0) is 13.0. The van der Waals surface area contributed by atoms with Crippen LogP contribution in [0.2, 0.25) is 0 Å². The standard InChI is InChI=1S/C13H21N3O2/c1-11(16-7-5-15(2)6-8-16)13(17)14-10-12-4-3-9-18-12/h3-4,9,11H,5-8,10H2,1-2H3,(H,14,17)/t11-/m0/s1. The van der Waals surface area contributed by atoms with E-state index >= 15 is 0 Å². The van der Waals surface area contributed by atoms with E-state index in [0.29, 0.717) is 6.54 Å². The molecule has 1 aliphatic rings. The minimum absolute atomic E-state index is 0.0657. The van der Waals surface area contributed by atoms with E-state index in [1.807, 2.05) is 19.1 Å². The Morgan fingerprint density at radius 3 is 2.78 bits per heavy atom. The summed E-state index contributed by atoms with van der Waals surface area (Å²) < 4.78 is 5.19. The van der Waals surface area contributed by atoms with Gasteiger partial charge in [-0.2, -0.15) is 0 Å². The minimum atomic E-state index is -0.0753. The topological polar surface area (TPSA) is 48.7 Å². The second-order valence-corrected chi connectivity index (χ2v) is 4.81. The normalized spacial score (nSPS) is 19.7. The molecule has 1 amide bonds. The summed E-state index contributed by atoms with van der Waals surface area (Å²) in [5, 5.41) is 2.91. The summed E-state index contributed by atoms with van der Waals surface area (Å²) in [6, 6.07) is 3.61. The van der Waals surface area contributed by atoms with Crippen molar-refractivity contribution in [2.45, 2.75) is 19.5 Å². The molecule has 1 atom stereocenters. The SMILES string of the molecule is C[C@@H](C(=O)NCc1ccco1)N1CCN(C)CC1. The smallest absolute Gasteiger partial charge is 0.237 e. The number of amides is 1. The quantitative estimate of drug-likeness (QED) is 0.848. The fourth-order valence-corrected chi connectivity index (χ4v) is 2.11. The Bertz CT molecular complexity index is 370. The number of nitrogens with zero attached hydrogens (tertiary/aromatic N) is 2. The number of piperazine rings is 1. The minimum Gasteiger partial charge on any atom is -0.467 e. The fourth-order valence-electron chi connectivity index (χ4n) is 2.11. The molecule has 0 aliphatic carbocycles. The van der Waals surface area contributed by atoms with Crippen molar-refractivity contribution in [1.82, 2.24) is 15.1 Å². The van der Waals surface area contributed by atoms with Crippen LogP contribution in [0.25, 0.3) is 0 Å². The predicted octanol–water partition coefficient (Wildman–Crippen LogP) is 0.532. The lowest BCUT2D eigenvalue weighted by molar-refractivity contribution is -0.126. The van der Waals surface area contributed by atoms with Crippen LogP contribution in [0.5, 0.6) is 0 Å². The van der Waals surface area contributed by atoms with Crippen molar-refractivity contribution in [2.24, 2.45) is 0 Å². The number of likely N-dealkylation sites (N-methyl/N-ethyl adjacent to an activating group) is 1. The highest BCUT2D eigenvalue weighted by Gasteiger charge is 2.24. The summed E-state index contributed by atoms with van der Waals surface area (Å²) in [7, 11) is 2.11. The van der Waals surface area contributed by atoms with Gasteiger partial charge in [0, 0.05) is 26.2 Å². The third-order valence-corrected chi connectivity index (χ3v) is 3.48. The van der Waals surface area contributed by atoms with Gasteiger partial charge in [-0.1, -0.05) is 0 Å². The lowest BCUT2D eigenvalue weighted by Gasteiger charge is -2.35. The Hall–Kier alpha value is -1.33. The van der Waals surface area contributed by atoms with Crippen LogP contribution in [-0.2, 0) is 11.3 Å². The van der Waals surface area contributed by atoms with Crippen molar-refractivity contribution in [1.29, 1.82) is 0 Å². The molecule has 0 aromatic carbocycles. The Morgan fingerprint density at radius 2 is 2.17 bits per heavy atom. The van der Waals surface area contributed by atoms with Crippen LogP contribution in [0.1, 0.15) is 12.7 Å². The first kappa shape index (κ1) is 13.1. The highest BCUT2D eigenvalue weighted by atomic mass is 16.3. The molecule has 0 spiro atoms. The fraction of sp³-hybridized carbons (Fsp3) is 0.615. The maximum absolute atomic E-state index is 12.0. The molecule has 5 nitrogen and oxygen atoms in total. The highest BCUT2D eigenvalue weighted by Crippen LogP contribution is 2.06. The van der Waals surface area contributed by atoms with Gasteiger partial charge in [0.15, 0.2) is 0 Å². The van der Waals surface area contributed by atoms with E-state index in [-0.39, 0.29) is 11.9 Å². The van der Waals surface area contributed by atoms with Crippen LogP contribution < -0.4 is 5.32 Å². The monoisotopic (exact) mass is 251 g/mol. The van der Waals surface area contributed by atoms with Crippen molar-refractivity contribution in [3.63, 3.8) is 0 Å². The van der Waals surface area contributed by atoms with E-state index in [4.69, 9.17) is 4.42 Å². The second kappa shape index (κ2) is 6.02. The van der Waals surface area contributed by atoms with Crippen LogP contribution in [0.15, 0.2) is 22.8 Å². The number of carbonyl (C=O) groups excluding carboxylic acids is 1. The molecule has 5 heteroatoms. The van der Waals surface area contributed by atoms with Gasteiger partial charge >= 0.3 is 0 Å². The molecule has 1 saturated heterocycles. The third-order valence-electron chi connectivity index (χ3n) is 3.48. The Balaban J connectivity index is 1.77. The zero-order valence-corrected chi connectivity index (χ0v) is 11.1. The number of carbonyl (C=O) groups is 1. The lowest BCUT2D eigenvalue weighted by atomic mass is 10.2. The molecule has 1 aromatic heterocycles. The van der Waals surface area contributed by atoms with Crippen molar-refractivity contribution in [3.05, 3.63) is 24.2 Å². The molecular weight excluding hydrogens is 230 g/mol. The first-order valence-electron chi connectivity index (χ1n) is 6.39. The average Bonchev–Trinajstić information content (AvgIpc) is 2.89. The van der Waals surface area contributed by atoms with Crippen molar-refractivity contribution in [3.8, 4) is 0 Å². The molecule has 18 heavy (non-hydrogen) atoms. The summed E-state index contributed by atoms with van der Waals surface area (Å²) in [5.41, 5.74) is 0. The molecule has 100 valence electrons. The molecule has 0 unspecified atom stereocenters. The predicted molar refractivity (Wildman–Crippen MR) is 69.1 cm³/mol. The van der Waals surface area contributed by atoms with E-state index in [1.165, 1.54) is 0 Å². The summed E-state index contributed by atoms with van der Waals surface area (Å²) >= 11 is 0. The van der Waals surface area contributed by atoms with E-state index in [1.54, 1.807) is 6.26 Å². The van der Waals surface area contributed by atoms with Crippen LogP contribution in [0.4, 0.5) is 0 Å². The average molecular weight is 251 g/mol. The van der Waals surface area contributed by atoms with Crippen LogP contribution >= 0.6 is 0 Å². The van der Waals surface area contributed by atoms with Gasteiger partial charge in [0.25, 0.3) is 0 Å². The molecule has 1 aliphatic heterocycles. The Morgan fingerprint density at radius 1 is 1.44 bits per heavy atom. The molecule has 1 N–H and O–H groups in total. The molecule has 0 saturated carbocycles.